The molecule has 2 atom stereocenters. The van der Waals surface area contributed by atoms with Crippen molar-refractivity contribution >= 4 is 51.5 Å². The van der Waals surface area contributed by atoms with Gasteiger partial charge in [0.15, 0.2) is 11.5 Å². The van der Waals surface area contributed by atoms with E-state index in [0.29, 0.717) is 17.5 Å². The number of sulfonamides is 1. The minimum atomic E-state index is -4.97. The number of nitrogens with one attached hydrogen (secondary N) is 1. The molecule has 1 aliphatic carbocycles. The first-order valence-electron chi connectivity index (χ1n) is 14.2. The van der Waals surface area contributed by atoms with Gasteiger partial charge in [-0.05, 0) is 37.5 Å². The molecule has 1 saturated heterocycles. The van der Waals surface area contributed by atoms with Gasteiger partial charge in [0.1, 0.15) is 11.4 Å². The lowest BCUT2D eigenvalue weighted by molar-refractivity contribution is -0.141. The number of piperazine rings is 1. The summed E-state index contributed by atoms with van der Waals surface area (Å²) in [5.74, 6) is -1.37. The van der Waals surface area contributed by atoms with Crippen molar-refractivity contribution in [1.82, 2.24) is 28.5 Å². The number of alkyl halides is 5. The Bertz CT molecular complexity index is 1740. The van der Waals surface area contributed by atoms with Crippen LogP contribution in [0.5, 0.6) is 0 Å². The summed E-state index contributed by atoms with van der Waals surface area (Å²) < 4.78 is 95.9. The normalized spacial score (nSPS) is 19.2. The van der Waals surface area contributed by atoms with Crippen molar-refractivity contribution in [2.75, 3.05) is 31.5 Å². The average molecular weight is 730 g/mol. The van der Waals surface area contributed by atoms with E-state index in [4.69, 9.17) is 17.3 Å². The van der Waals surface area contributed by atoms with Gasteiger partial charge in [-0.1, -0.05) is 11.6 Å². The zero-order chi connectivity index (χ0) is 33.6. The molecule has 3 heterocycles. The van der Waals surface area contributed by atoms with Crippen LogP contribution in [-0.4, -0.2) is 87.4 Å². The topological polar surface area (TPSA) is 148 Å². The highest BCUT2D eigenvalue weighted by molar-refractivity contribution is 7.89. The number of aromatic nitrogens is 4. The zero-order valence-electron chi connectivity index (χ0n) is 24.8. The fourth-order valence-electron chi connectivity index (χ4n) is 5.69. The molecule has 1 aliphatic heterocycles. The molecule has 0 spiro atoms. The number of hydrogen-bond acceptors (Lipinski definition) is 7. The maximum Gasteiger partial charge on any atom is 0.435 e. The molecule has 5 rings (SSSR count). The van der Waals surface area contributed by atoms with Crippen LogP contribution in [0.25, 0.3) is 11.3 Å². The Morgan fingerprint density at radius 3 is 2.40 bits per heavy atom. The highest BCUT2D eigenvalue weighted by atomic mass is 35.5. The molecule has 258 valence electrons. The standard InChI is InChI=1S/C27H30ClF5N8O4S.ClH/c1-38-20(18-13-40(14-22(29)30)37-23(18)27(31,32)33)12-35-24(38)25(42)36-17-4-5-21(19(28)11-17)46(44,45)41-8-6-39(7-9-41)26(43)15-2-3-16(34)10-15;/h4-5,11-13,15-16,22H,2-3,6-10,14,34H2,1H3,(H,36,42);1H/t15-,16+;/m0./s1. The Kier molecular flexibility index (Phi) is 10.9. The molecule has 2 amide bonds. The second-order valence-electron chi connectivity index (χ2n) is 11.1. The summed E-state index contributed by atoms with van der Waals surface area (Å²) in [7, 11) is -2.79. The predicted molar refractivity (Wildman–Crippen MR) is 163 cm³/mol. The number of hydrogen-bond donors (Lipinski definition) is 2. The predicted octanol–water partition coefficient (Wildman–Crippen LogP) is 3.86. The van der Waals surface area contributed by atoms with Gasteiger partial charge < -0.3 is 20.5 Å². The molecule has 3 N–H and O–H groups in total. The number of amides is 2. The van der Waals surface area contributed by atoms with Gasteiger partial charge in [-0.15, -0.1) is 12.4 Å². The van der Waals surface area contributed by atoms with Crippen molar-refractivity contribution < 1.29 is 40.0 Å². The number of imidazole rings is 1. The van der Waals surface area contributed by atoms with Crippen molar-refractivity contribution in [2.24, 2.45) is 18.7 Å². The van der Waals surface area contributed by atoms with Crippen molar-refractivity contribution in [3.63, 3.8) is 0 Å². The monoisotopic (exact) mass is 728 g/mol. The third-order valence-electron chi connectivity index (χ3n) is 8.00. The molecule has 1 aromatic carbocycles. The quantitative estimate of drug-likeness (QED) is 0.335. The smallest absolute Gasteiger partial charge is 0.340 e. The molecule has 2 aromatic heterocycles. The van der Waals surface area contributed by atoms with Crippen LogP contribution in [0.3, 0.4) is 0 Å². The second kappa shape index (κ2) is 14.0. The first kappa shape index (κ1) is 36.5. The Morgan fingerprint density at radius 2 is 1.83 bits per heavy atom. The van der Waals surface area contributed by atoms with Crippen LogP contribution in [0.4, 0.5) is 27.6 Å². The van der Waals surface area contributed by atoms with Crippen LogP contribution in [0.1, 0.15) is 35.6 Å². The Balaban J connectivity index is 0.00000500. The number of nitrogens with two attached hydrogens (primary N) is 1. The van der Waals surface area contributed by atoms with Gasteiger partial charge in [0.25, 0.3) is 12.3 Å². The molecule has 0 radical (unpaired) electrons. The second-order valence-corrected chi connectivity index (χ2v) is 13.4. The first-order chi connectivity index (χ1) is 21.6. The molecule has 2 fully saturated rings. The van der Waals surface area contributed by atoms with Gasteiger partial charge in [-0.25, -0.2) is 22.2 Å². The molecule has 1 saturated carbocycles. The minimum absolute atomic E-state index is 0. The molecule has 47 heavy (non-hydrogen) atoms. The lowest BCUT2D eigenvalue weighted by atomic mass is 10.1. The van der Waals surface area contributed by atoms with E-state index < -0.39 is 46.3 Å². The van der Waals surface area contributed by atoms with E-state index in [1.165, 1.54) is 29.6 Å². The van der Waals surface area contributed by atoms with E-state index in [-0.39, 0.29) is 83.6 Å². The molecular weight excluding hydrogens is 698 g/mol. The lowest BCUT2D eigenvalue weighted by Crippen LogP contribution is -2.51. The Morgan fingerprint density at radius 1 is 1.15 bits per heavy atom. The maximum atomic E-state index is 13.6. The largest absolute Gasteiger partial charge is 0.435 e. The number of carbonyl (C=O) groups excluding carboxylic acids is 2. The number of anilines is 1. The van der Waals surface area contributed by atoms with Gasteiger partial charge in [-0.2, -0.15) is 22.6 Å². The summed E-state index contributed by atoms with van der Waals surface area (Å²) in [6.45, 7) is -0.482. The van der Waals surface area contributed by atoms with Crippen molar-refractivity contribution in [2.45, 2.75) is 49.3 Å². The summed E-state index contributed by atoms with van der Waals surface area (Å²) in [4.78, 5) is 31.1. The molecular formula is C27H31Cl2F5N8O4S. The first-order valence-corrected chi connectivity index (χ1v) is 16.0. The van der Waals surface area contributed by atoms with E-state index in [9.17, 15) is 40.0 Å². The minimum Gasteiger partial charge on any atom is -0.340 e. The van der Waals surface area contributed by atoms with Crippen LogP contribution in [0.2, 0.25) is 5.02 Å². The molecule has 0 unspecified atom stereocenters. The summed E-state index contributed by atoms with van der Waals surface area (Å²) >= 11 is 6.33. The van der Waals surface area contributed by atoms with Crippen molar-refractivity contribution in [3.05, 3.63) is 47.1 Å². The van der Waals surface area contributed by atoms with Crippen LogP contribution >= 0.6 is 24.0 Å². The van der Waals surface area contributed by atoms with E-state index in [0.717, 1.165) is 23.4 Å². The van der Waals surface area contributed by atoms with Crippen LogP contribution in [0, 0.1) is 5.92 Å². The maximum absolute atomic E-state index is 13.6. The number of benzene rings is 1. The molecule has 2 aliphatic rings. The van der Waals surface area contributed by atoms with Gasteiger partial charge in [0, 0.05) is 57.1 Å². The van der Waals surface area contributed by atoms with Crippen LogP contribution < -0.4 is 11.1 Å². The van der Waals surface area contributed by atoms with Crippen molar-refractivity contribution in [3.8, 4) is 11.3 Å². The Hall–Kier alpha value is -3.32. The van der Waals surface area contributed by atoms with E-state index in [1.54, 1.807) is 4.90 Å². The van der Waals surface area contributed by atoms with Gasteiger partial charge >= 0.3 is 6.18 Å². The van der Waals surface area contributed by atoms with E-state index in [2.05, 4.69) is 15.4 Å². The third-order valence-corrected chi connectivity index (χ3v) is 10.4. The highest BCUT2D eigenvalue weighted by Gasteiger charge is 2.39. The summed E-state index contributed by atoms with van der Waals surface area (Å²) in [5, 5.41) is 5.52. The molecule has 0 bridgehead atoms. The van der Waals surface area contributed by atoms with Crippen LogP contribution in [-0.2, 0) is 34.6 Å². The zero-order valence-corrected chi connectivity index (χ0v) is 27.1. The van der Waals surface area contributed by atoms with Gasteiger partial charge in [-0.3, -0.25) is 14.3 Å². The third kappa shape index (κ3) is 7.72. The molecule has 3 aromatic rings. The average Bonchev–Trinajstić information content (AvgIpc) is 3.70. The fourth-order valence-corrected chi connectivity index (χ4v) is 7.63. The van der Waals surface area contributed by atoms with Crippen molar-refractivity contribution in [1.29, 1.82) is 0 Å². The van der Waals surface area contributed by atoms with E-state index in [1.807, 2.05) is 0 Å². The molecule has 20 heteroatoms. The van der Waals surface area contributed by atoms with Crippen LogP contribution in [0.15, 0.2) is 35.5 Å². The summed E-state index contributed by atoms with van der Waals surface area (Å²) in [5.41, 5.74) is 3.83. The van der Waals surface area contributed by atoms with Gasteiger partial charge in [0.05, 0.1) is 22.5 Å². The summed E-state index contributed by atoms with van der Waals surface area (Å²) in [6, 6.07) is 3.70. The number of nitrogens with zero attached hydrogens (tertiary/aromatic N) is 6. The summed E-state index contributed by atoms with van der Waals surface area (Å²) in [6.07, 6.45) is -4.02. The lowest BCUT2D eigenvalue weighted by Gasteiger charge is -2.35. The number of halogens is 7. The van der Waals surface area contributed by atoms with Gasteiger partial charge in [0.2, 0.25) is 15.9 Å². The number of rotatable bonds is 8. The SMILES string of the molecule is Cl.Cn1c(-c2cn(CC(F)F)nc2C(F)(F)F)cnc1C(=O)Nc1ccc(S(=O)(=O)N2CCN(C(=O)[C@H]3CC[C@@H](N)C3)CC2)c(Cl)c1. The number of carbonyl (C=O) groups is 2. The fraction of sp³-hybridized carbons (Fsp3) is 0.481. The van der Waals surface area contributed by atoms with E-state index >= 15 is 0 Å². The Labute approximate surface area is 277 Å². The highest BCUT2D eigenvalue weighted by Crippen LogP contribution is 2.36. The molecule has 12 nitrogen and oxygen atoms in total.